The summed E-state index contributed by atoms with van der Waals surface area (Å²) in [5.41, 5.74) is 0.486. The molecular weight excluding hydrogens is 330 g/mol. The van der Waals surface area contributed by atoms with Gasteiger partial charge >= 0.3 is 0 Å². The van der Waals surface area contributed by atoms with Gasteiger partial charge in [0.05, 0.1) is 17.1 Å². The molecule has 1 aromatic carbocycles. The molecular formula is C20H23N3O3. The van der Waals surface area contributed by atoms with E-state index in [4.69, 9.17) is 9.15 Å². The zero-order chi connectivity index (χ0) is 17.7. The van der Waals surface area contributed by atoms with Crippen molar-refractivity contribution >= 4 is 5.91 Å². The molecule has 2 heterocycles. The maximum absolute atomic E-state index is 13.3. The highest BCUT2D eigenvalue weighted by molar-refractivity contribution is 5.97. The van der Waals surface area contributed by atoms with Crippen LogP contribution in [0.25, 0.3) is 0 Å². The summed E-state index contributed by atoms with van der Waals surface area (Å²) in [6.07, 6.45) is 5.68. The molecule has 3 fully saturated rings. The monoisotopic (exact) mass is 353 g/mol. The first-order valence-electron chi connectivity index (χ1n) is 9.51. The fraction of sp³-hybridized carbons (Fsp3) is 0.550. The lowest BCUT2D eigenvalue weighted by Gasteiger charge is -2.24. The molecule has 0 radical (unpaired) electrons. The summed E-state index contributed by atoms with van der Waals surface area (Å²) < 4.78 is 11.8. The van der Waals surface area contributed by atoms with E-state index in [1.165, 1.54) is 0 Å². The third kappa shape index (κ3) is 2.50. The van der Waals surface area contributed by atoms with Crippen LogP contribution in [0.1, 0.15) is 54.2 Å². The van der Waals surface area contributed by atoms with Crippen LogP contribution in [-0.4, -0.2) is 40.2 Å². The zero-order valence-corrected chi connectivity index (χ0v) is 15.0. The van der Waals surface area contributed by atoms with Gasteiger partial charge in [0.1, 0.15) is 5.75 Å². The molecule has 6 heteroatoms. The van der Waals surface area contributed by atoms with Gasteiger partial charge in [-0.25, -0.2) is 0 Å². The molecule has 0 N–H and O–H groups in total. The van der Waals surface area contributed by atoms with Crippen molar-refractivity contribution in [3.05, 3.63) is 41.6 Å². The number of amides is 1. The normalized spacial score (nSPS) is 27.6. The Labute approximate surface area is 152 Å². The second kappa shape index (κ2) is 5.83. The molecule has 2 aromatic rings. The van der Waals surface area contributed by atoms with E-state index >= 15 is 0 Å². The molecule has 1 aliphatic heterocycles. The Kier molecular flexibility index (Phi) is 3.55. The van der Waals surface area contributed by atoms with Gasteiger partial charge in [-0.15, -0.1) is 10.2 Å². The van der Waals surface area contributed by atoms with Gasteiger partial charge in [0.15, 0.2) is 0 Å². The highest BCUT2D eigenvalue weighted by Gasteiger charge is 2.55. The number of carbonyl (C=O) groups is 1. The Morgan fingerprint density at radius 3 is 2.88 bits per heavy atom. The highest BCUT2D eigenvalue weighted by Crippen LogP contribution is 2.50. The fourth-order valence-corrected chi connectivity index (χ4v) is 4.57. The van der Waals surface area contributed by atoms with Crippen molar-refractivity contribution in [2.45, 2.75) is 50.5 Å². The Morgan fingerprint density at radius 2 is 2.12 bits per heavy atom. The first kappa shape index (κ1) is 15.9. The number of rotatable bonds is 4. The van der Waals surface area contributed by atoms with Gasteiger partial charge in [-0.2, -0.15) is 0 Å². The number of aromatic nitrogens is 2. The summed E-state index contributed by atoms with van der Waals surface area (Å²) in [6.45, 7) is 3.22. The van der Waals surface area contributed by atoms with Crippen LogP contribution in [0.15, 0.2) is 28.7 Å². The van der Waals surface area contributed by atoms with Crippen molar-refractivity contribution in [2.75, 3.05) is 13.1 Å². The molecule has 3 aliphatic rings. The van der Waals surface area contributed by atoms with Crippen molar-refractivity contribution in [1.29, 1.82) is 0 Å². The standard InChI is InChI=1S/C20H23N3O3/c1-13-21-22-19(25-13)20-10-4-5-14(20)11-23(12-20)18(24)16-6-2-3-7-17(16)26-15-8-9-15/h2-3,6-7,14-15H,4-5,8-12H2,1H3/t14-,20-/m0/s1. The Balaban J connectivity index is 1.43. The average Bonchev–Trinajstić information content (AvgIpc) is 3.04. The number of aryl methyl sites for hydroxylation is 1. The van der Waals surface area contributed by atoms with Gasteiger partial charge < -0.3 is 14.1 Å². The fourth-order valence-electron chi connectivity index (χ4n) is 4.57. The van der Waals surface area contributed by atoms with Crippen LogP contribution >= 0.6 is 0 Å². The van der Waals surface area contributed by atoms with Crippen LogP contribution < -0.4 is 4.74 Å². The van der Waals surface area contributed by atoms with Crippen LogP contribution in [0, 0.1) is 12.8 Å². The third-order valence-corrected chi connectivity index (χ3v) is 6.05. The summed E-state index contributed by atoms with van der Waals surface area (Å²) in [6, 6.07) is 7.61. The number of hydrogen-bond donors (Lipinski definition) is 0. The molecule has 26 heavy (non-hydrogen) atoms. The molecule has 5 rings (SSSR count). The average molecular weight is 353 g/mol. The number of benzene rings is 1. The second-order valence-corrected chi connectivity index (χ2v) is 7.87. The van der Waals surface area contributed by atoms with Gasteiger partial charge in [0, 0.05) is 20.0 Å². The molecule has 2 atom stereocenters. The number of fused-ring (bicyclic) bond motifs is 1. The maximum Gasteiger partial charge on any atom is 0.257 e. The van der Waals surface area contributed by atoms with Crippen LogP contribution in [0.5, 0.6) is 5.75 Å². The van der Waals surface area contributed by atoms with Gasteiger partial charge in [0.2, 0.25) is 11.8 Å². The lowest BCUT2D eigenvalue weighted by molar-refractivity contribution is 0.0771. The first-order valence-corrected chi connectivity index (χ1v) is 9.51. The minimum absolute atomic E-state index is 0.0475. The summed E-state index contributed by atoms with van der Waals surface area (Å²) in [5, 5.41) is 8.34. The quantitative estimate of drug-likeness (QED) is 0.845. The molecule has 1 amide bonds. The summed E-state index contributed by atoms with van der Waals surface area (Å²) in [5.74, 6) is 2.44. The maximum atomic E-state index is 13.3. The zero-order valence-electron chi connectivity index (χ0n) is 15.0. The number of hydrogen-bond acceptors (Lipinski definition) is 5. The molecule has 6 nitrogen and oxygen atoms in total. The molecule has 0 bridgehead atoms. The van der Waals surface area contributed by atoms with E-state index in [9.17, 15) is 4.79 Å². The lowest BCUT2D eigenvalue weighted by Crippen LogP contribution is -2.35. The predicted octanol–water partition coefficient (Wildman–Crippen LogP) is 3.11. The molecule has 2 aliphatic carbocycles. The Hall–Kier alpha value is -2.37. The van der Waals surface area contributed by atoms with E-state index in [0.29, 0.717) is 35.6 Å². The van der Waals surface area contributed by atoms with Crippen molar-refractivity contribution in [2.24, 2.45) is 5.92 Å². The van der Waals surface area contributed by atoms with E-state index in [0.717, 1.165) is 38.6 Å². The number of ether oxygens (including phenoxy) is 1. The van der Waals surface area contributed by atoms with Crippen molar-refractivity contribution < 1.29 is 13.9 Å². The predicted molar refractivity (Wildman–Crippen MR) is 94.0 cm³/mol. The van der Waals surface area contributed by atoms with Gasteiger partial charge in [-0.1, -0.05) is 18.6 Å². The second-order valence-electron chi connectivity index (χ2n) is 7.87. The van der Waals surface area contributed by atoms with Crippen LogP contribution in [0.2, 0.25) is 0 Å². The van der Waals surface area contributed by atoms with Gasteiger partial charge in [-0.3, -0.25) is 4.79 Å². The van der Waals surface area contributed by atoms with E-state index in [1.54, 1.807) is 0 Å². The number of likely N-dealkylation sites (tertiary alicyclic amines) is 1. The molecule has 1 aromatic heterocycles. The van der Waals surface area contributed by atoms with Crippen LogP contribution in [0.3, 0.4) is 0 Å². The topological polar surface area (TPSA) is 68.5 Å². The highest BCUT2D eigenvalue weighted by atomic mass is 16.5. The Bertz CT molecular complexity index is 844. The van der Waals surface area contributed by atoms with Crippen LogP contribution in [0.4, 0.5) is 0 Å². The van der Waals surface area contributed by atoms with Gasteiger partial charge in [-0.05, 0) is 43.7 Å². The Morgan fingerprint density at radius 1 is 1.27 bits per heavy atom. The molecule has 2 saturated carbocycles. The third-order valence-electron chi connectivity index (χ3n) is 6.05. The van der Waals surface area contributed by atoms with Crippen molar-refractivity contribution in [3.63, 3.8) is 0 Å². The minimum Gasteiger partial charge on any atom is -0.490 e. The number of nitrogens with zero attached hydrogens (tertiary/aromatic N) is 3. The van der Waals surface area contributed by atoms with E-state index in [1.807, 2.05) is 36.1 Å². The summed E-state index contributed by atoms with van der Waals surface area (Å²) >= 11 is 0. The van der Waals surface area contributed by atoms with E-state index in [2.05, 4.69) is 10.2 Å². The lowest BCUT2D eigenvalue weighted by atomic mass is 9.80. The minimum atomic E-state index is -0.177. The smallest absolute Gasteiger partial charge is 0.257 e. The van der Waals surface area contributed by atoms with E-state index in [-0.39, 0.29) is 17.4 Å². The number of carbonyl (C=O) groups excluding carboxylic acids is 1. The van der Waals surface area contributed by atoms with Crippen molar-refractivity contribution in [3.8, 4) is 5.75 Å². The summed E-state index contributed by atoms with van der Waals surface area (Å²) in [7, 11) is 0. The summed E-state index contributed by atoms with van der Waals surface area (Å²) in [4.78, 5) is 15.2. The molecule has 136 valence electrons. The van der Waals surface area contributed by atoms with Crippen molar-refractivity contribution in [1.82, 2.24) is 15.1 Å². The first-order chi connectivity index (χ1) is 12.7. The van der Waals surface area contributed by atoms with E-state index < -0.39 is 0 Å². The van der Waals surface area contributed by atoms with Gasteiger partial charge in [0.25, 0.3) is 5.91 Å². The van der Waals surface area contributed by atoms with Crippen LogP contribution in [-0.2, 0) is 5.41 Å². The molecule has 1 saturated heterocycles. The largest absolute Gasteiger partial charge is 0.490 e. The number of para-hydroxylation sites is 1. The molecule has 0 spiro atoms. The molecule has 0 unspecified atom stereocenters. The SMILES string of the molecule is Cc1nnc([C@]23CCC[C@H]2CN(C(=O)c2ccccc2OC2CC2)C3)o1.